The molecule has 0 N–H and O–H groups in total. The van der Waals surface area contributed by atoms with E-state index in [1.54, 1.807) is 0 Å². The number of thiophene rings is 1. The van der Waals surface area contributed by atoms with Gasteiger partial charge in [0.2, 0.25) is 0 Å². The number of pyridine rings is 1. The quantitative estimate of drug-likeness (QED) is 0.238. The molecule has 2 aromatic heterocycles. The van der Waals surface area contributed by atoms with Crippen molar-refractivity contribution >= 4 is 32.2 Å². The number of aromatic nitrogens is 1. The van der Waals surface area contributed by atoms with Gasteiger partial charge in [-0.05, 0) is 105 Å². The minimum Gasteiger partial charge on any atom is -0.255 e. The van der Waals surface area contributed by atoms with Gasteiger partial charge < -0.3 is 0 Å². The van der Waals surface area contributed by atoms with E-state index in [1.165, 1.54) is 72.0 Å². The second-order valence-electron chi connectivity index (χ2n) is 12.6. The highest BCUT2D eigenvalue weighted by Gasteiger charge is 2.37. The van der Waals surface area contributed by atoms with Crippen molar-refractivity contribution in [2.75, 3.05) is 0 Å². The van der Waals surface area contributed by atoms with Crippen molar-refractivity contribution in [3.8, 4) is 21.7 Å². The van der Waals surface area contributed by atoms with Crippen molar-refractivity contribution in [3.63, 3.8) is 0 Å². The van der Waals surface area contributed by atoms with Gasteiger partial charge in [-0.15, -0.1) is 11.3 Å². The summed E-state index contributed by atoms with van der Waals surface area (Å²) in [6, 6.07) is 22.9. The van der Waals surface area contributed by atoms with Gasteiger partial charge in [0.25, 0.3) is 0 Å². The summed E-state index contributed by atoms with van der Waals surface area (Å²) in [5.74, 6) is 0.452. The SMILES string of the molecule is Cc1c(-c2ccc3c(c2)C(C)(C)CCC3(C)C)sc2c(-c3cc(C(C)C)c4ccccc4c3)nccc12. The average Bonchev–Trinajstić information content (AvgIpc) is 3.22. The van der Waals surface area contributed by atoms with Gasteiger partial charge in [-0.3, -0.25) is 4.98 Å². The van der Waals surface area contributed by atoms with Crippen LogP contribution in [0.5, 0.6) is 0 Å². The Morgan fingerprint density at radius 3 is 2.27 bits per heavy atom. The third-order valence-electron chi connectivity index (χ3n) is 8.76. The van der Waals surface area contributed by atoms with E-state index >= 15 is 0 Å². The molecule has 6 rings (SSSR count). The van der Waals surface area contributed by atoms with Crippen molar-refractivity contribution < 1.29 is 0 Å². The van der Waals surface area contributed by atoms with Crippen LogP contribution in [0, 0.1) is 6.92 Å². The summed E-state index contributed by atoms with van der Waals surface area (Å²) in [6.45, 7) is 16.5. The summed E-state index contributed by atoms with van der Waals surface area (Å²) in [4.78, 5) is 6.33. The molecule has 0 radical (unpaired) electrons. The molecule has 2 heterocycles. The first kappa shape index (κ1) is 24.4. The molecule has 5 aromatic rings. The molecular formula is C35H37NS. The zero-order valence-electron chi connectivity index (χ0n) is 23.2. The minimum atomic E-state index is 0.205. The van der Waals surface area contributed by atoms with Gasteiger partial charge in [0.05, 0.1) is 10.4 Å². The zero-order valence-corrected chi connectivity index (χ0v) is 24.0. The maximum atomic E-state index is 4.96. The van der Waals surface area contributed by atoms with Gasteiger partial charge in [-0.25, -0.2) is 0 Å². The number of rotatable bonds is 3. The molecule has 1 nitrogen and oxygen atoms in total. The normalized spacial score (nSPS) is 16.4. The Morgan fingerprint density at radius 1 is 0.784 bits per heavy atom. The van der Waals surface area contributed by atoms with Crippen molar-refractivity contribution in [2.24, 2.45) is 0 Å². The van der Waals surface area contributed by atoms with E-state index in [4.69, 9.17) is 4.98 Å². The number of hydrogen-bond acceptors (Lipinski definition) is 2. The standard InChI is InChI=1S/C35H37NS/c1-21(2)28-19-25(18-23-10-8-9-11-27(23)28)31-33-26(14-17-36-31)22(3)32(37-33)24-12-13-29-30(20-24)35(6,7)16-15-34(29,4)5/h8-14,17-21H,15-16H2,1-7H3. The molecule has 0 bridgehead atoms. The molecule has 0 aliphatic heterocycles. The third kappa shape index (κ3) is 3.92. The van der Waals surface area contributed by atoms with Crippen LogP contribution in [0.2, 0.25) is 0 Å². The lowest BCUT2D eigenvalue weighted by atomic mass is 9.63. The van der Waals surface area contributed by atoms with E-state index < -0.39 is 0 Å². The molecule has 1 aliphatic carbocycles. The van der Waals surface area contributed by atoms with E-state index in [1.807, 2.05) is 17.5 Å². The molecule has 0 fully saturated rings. The Bertz CT molecular complexity index is 1660. The number of benzene rings is 3. The molecule has 0 spiro atoms. The molecule has 188 valence electrons. The van der Waals surface area contributed by atoms with E-state index in [0.717, 1.165) is 5.69 Å². The fraction of sp³-hybridized carbons (Fsp3) is 0.343. The summed E-state index contributed by atoms with van der Waals surface area (Å²) in [7, 11) is 0. The van der Waals surface area contributed by atoms with Crippen LogP contribution in [0.4, 0.5) is 0 Å². The van der Waals surface area contributed by atoms with E-state index in [9.17, 15) is 0 Å². The predicted molar refractivity (Wildman–Crippen MR) is 162 cm³/mol. The Morgan fingerprint density at radius 2 is 1.51 bits per heavy atom. The van der Waals surface area contributed by atoms with Gasteiger partial charge in [-0.1, -0.05) is 77.9 Å². The number of fused-ring (bicyclic) bond motifs is 3. The Balaban J connectivity index is 1.55. The van der Waals surface area contributed by atoms with Gasteiger partial charge in [-0.2, -0.15) is 0 Å². The number of aryl methyl sites for hydroxylation is 1. The molecule has 0 unspecified atom stereocenters. The predicted octanol–water partition coefficient (Wildman–Crippen LogP) is 10.6. The maximum Gasteiger partial charge on any atom is 0.0880 e. The summed E-state index contributed by atoms with van der Waals surface area (Å²) in [6.07, 6.45) is 4.47. The average molecular weight is 504 g/mol. The summed E-state index contributed by atoms with van der Waals surface area (Å²) < 4.78 is 1.29. The van der Waals surface area contributed by atoms with Crippen LogP contribution in [0.25, 0.3) is 42.6 Å². The minimum absolute atomic E-state index is 0.205. The van der Waals surface area contributed by atoms with Crippen LogP contribution in [0.15, 0.2) is 66.9 Å². The summed E-state index contributed by atoms with van der Waals surface area (Å²) in [5, 5.41) is 3.95. The summed E-state index contributed by atoms with van der Waals surface area (Å²) in [5.41, 5.74) is 9.89. The van der Waals surface area contributed by atoms with Crippen molar-refractivity contribution in [1.29, 1.82) is 0 Å². The van der Waals surface area contributed by atoms with Crippen LogP contribution in [0.1, 0.15) is 82.6 Å². The topological polar surface area (TPSA) is 12.9 Å². The molecule has 0 amide bonds. The molecule has 1 aliphatic rings. The molecular weight excluding hydrogens is 466 g/mol. The van der Waals surface area contributed by atoms with Crippen molar-refractivity contribution in [1.82, 2.24) is 4.98 Å². The molecule has 0 saturated heterocycles. The molecule has 2 heteroatoms. The first-order chi connectivity index (χ1) is 17.6. The van der Waals surface area contributed by atoms with Crippen LogP contribution in [0.3, 0.4) is 0 Å². The van der Waals surface area contributed by atoms with Crippen LogP contribution < -0.4 is 0 Å². The van der Waals surface area contributed by atoms with Gasteiger partial charge >= 0.3 is 0 Å². The first-order valence-corrected chi connectivity index (χ1v) is 14.4. The molecule has 0 saturated carbocycles. The van der Waals surface area contributed by atoms with Crippen LogP contribution in [-0.4, -0.2) is 4.98 Å². The molecule has 37 heavy (non-hydrogen) atoms. The fourth-order valence-corrected chi connectivity index (χ4v) is 7.62. The van der Waals surface area contributed by atoms with Gasteiger partial charge in [0.1, 0.15) is 0 Å². The monoisotopic (exact) mass is 503 g/mol. The first-order valence-electron chi connectivity index (χ1n) is 13.6. The molecule has 0 atom stereocenters. The highest BCUT2D eigenvalue weighted by molar-refractivity contribution is 7.23. The Hall–Kier alpha value is -2.97. The lowest BCUT2D eigenvalue weighted by Crippen LogP contribution is -2.33. The van der Waals surface area contributed by atoms with Gasteiger partial charge in [0.15, 0.2) is 0 Å². The third-order valence-corrected chi connectivity index (χ3v) is 10.1. The Labute approximate surface area is 225 Å². The Kier molecular flexibility index (Phi) is 5.62. The lowest BCUT2D eigenvalue weighted by Gasteiger charge is -2.42. The van der Waals surface area contributed by atoms with Crippen LogP contribution in [-0.2, 0) is 10.8 Å². The van der Waals surface area contributed by atoms with E-state index in [-0.39, 0.29) is 10.8 Å². The smallest absolute Gasteiger partial charge is 0.0880 e. The van der Waals surface area contributed by atoms with Crippen molar-refractivity contribution in [3.05, 3.63) is 89.1 Å². The van der Waals surface area contributed by atoms with E-state index in [2.05, 4.69) is 109 Å². The highest BCUT2D eigenvalue weighted by atomic mass is 32.1. The second kappa shape index (κ2) is 8.53. The second-order valence-corrected chi connectivity index (χ2v) is 13.6. The van der Waals surface area contributed by atoms with E-state index in [0.29, 0.717) is 5.92 Å². The zero-order chi connectivity index (χ0) is 26.1. The van der Waals surface area contributed by atoms with Crippen molar-refractivity contribution in [2.45, 2.75) is 78.1 Å². The number of nitrogens with zero attached hydrogens (tertiary/aromatic N) is 1. The largest absolute Gasteiger partial charge is 0.255 e. The van der Waals surface area contributed by atoms with Crippen LogP contribution >= 0.6 is 11.3 Å². The fourth-order valence-electron chi connectivity index (χ4n) is 6.31. The highest BCUT2D eigenvalue weighted by Crippen LogP contribution is 2.49. The number of hydrogen-bond donors (Lipinski definition) is 0. The lowest BCUT2D eigenvalue weighted by molar-refractivity contribution is 0.332. The molecule has 3 aromatic carbocycles. The summed E-state index contributed by atoms with van der Waals surface area (Å²) >= 11 is 1.91. The maximum absolute atomic E-state index is 4.96. The van der Waals surface area contributed by atoms with Gasteiger partial charge in [0, 0.05) is 16.6 Å².